The van der Waals surface area contributed by atoms with Crippen molar-refractivity contribution in [1.29, 1.82) is 0 Å². The lowest BCUT2D eigenvalue weighted by Crippen LogP contribution is -2.14. The Hall–Kier alpha value is -1.48. The second kappa shape index (κ2) is 3.77. The summed E-state index contributed by atoms with van der Waals surface area (Å²) in [6, 6.07) is 8.05. The van der Waals surface area contributed by atoms with Crippen LogP contribution in [0.1, 0.15) is 18.4 Å². The highest BCUT2D eigenvalue weighted by molar-refractivity contribution is 7.19. The van der Waals surface area contributed by atoms with Gasteiger partial charge in [-0.1, -0.05) is 24.3 Å². The van der Waals surface area contributed by atoms with Crippen LogP contribution in [0.5, 0.6) is 0 Å². The number of allylic oxidation sites excluding steroid dienone is 4. The Morgan fingerprint density at radius 1 is 1.35 bits per heavy atom. The molecule has 0 fully saturated rings. The van der Waals surface area contributed by atoms with Gasteiger partial charge in [0.1, 0.15) is 10.7 Å². The van der Waals surface area contributed by atoms with E-state index in [-0.39, 0.29) is 0 Å². The molecule has 0 saturated carbocycles. The van der Waals surface area contributed by atoms with Gasteiger partial charge in [-0.15, -0.1) is 11.3 Å². The van der Waals surface area contributed by atoms with Crippen molar-refractivity contribution in [3.63, 3.8) is 0 Å². The number of alkyl halides is 1. The van der Waals surface area contributed by atoms with Crippen LogP contribution in [-0.2, 0) is 0 Å². The van der Waals surface area contributed by atoms with Gasteiger partial charge in [0.25, 0.3) is 0 Å². The number of thiazole rings is 1. The molecule has 0 bridgehead atoms. The highest BCUT2D eigenvalue weighted by Crippen LogP contribution is 2.32. The van der Waals surface area contributed by atoms with Gasteiger partial charge >= 0.3 is 0 Å². The fourth-order valence-electron chi connectivity index (χ4n) is 1.86. The number of para-hydroxylation sites is 1. The first-order valence-electron chi connectivity index (χ1n) is 5.58. The molecule has 3 heteroatoms. The van der Waals surface area contributed by atoms with Crippen molar-refractivity contribution in [2.75, 3.05) is 0 Å². The summed E-state index contributed by atoms with van der Waals surface area (Å²) < 4.78 is 14.8. The molecule has 0 N–H and O–H groups in total. The Bertz CT molecular complexity index is 589. The van der Waals surface area contributed by atoms with E-state index in [1.165, 1.54) is 4.70 Å². The van der Waals surface area contributed by atoms with E-state index in [0.717, 1.165) is 16.1 Å². The lowest BCUT2D eigenvalue weighted by atomic mass is 9.96. The van der Waals surface area contributed by atoms with Crippen LogP contribution in [0.15, 0.2) is 42.5 Å². The number of hydrogen-bond donors (Lipinski definition) is 0. The van der Waals surface area contributed by atoms with E-state index in [0.29, 0.717) is 6.42 Å². The molecule has 0 amide bonds. The number of fused-ring (bicyclic) bond motifs is 1. The fourth-order valence-corrected chi connectivity index (χ4v) is 2.85. The minimum Gasteiger partial charge on any atom is -0.239 e. The summed E-state index contributed by atoms with van der Waals surface area (Å²) in [5, 5.41) is 0.970. The number of aromatic nitrogens is 1. The van der Waals surface area contributed by atoms with Gasteiger partial charge in [0.15, 0.2) is 0 Å². The Morgan fingerprint density at radius 2 is 2.18 bits per heavy atom. The predicted molar refractivity (Wildman–Crippen MR) is 70.9 cm³/mol. The summed E-state index contributed by atoms with van der Waals surface area (Å²) in [6.45, 7) is 1.59. The molecule has 0 aliphatic heterocycles. The van der Waals surface area contributed by atoms with Crippen molar-refractivity contribution in [2.45, 2.75) is 19.0 Å². The number of nitrogens with zero attached hydrogens (tertiary/aromatic N) is 1. The highest BCUT2D eigenvalue weighted by atomic mass is 32.1. The first-order valence-corrected chi connectivity index (χ1v) is 6.40. The van der Waals surface area contributed by atoms with Crippen LogP contribution in [0.4, 0.5) is 4.39 Å². The zero-order valence-corrected chi connectivity index (χ0v) is 10.3. The van der Waals surface area contributed by atoms with Crippen LogP contribution in [0, 0.1) is 0 Å². The summed E-state index contributed by atoms with van der Waals surface area (Å²) in [5.74, 6) is 0. The van der Waals surface area contributed by atoms with Crippen molar-refractivity contribution in [3.8, 4) is 0 Å². The van der Waals surface area contributed by atoms with E-state index in [2.05, 4.69) is 11.1 Å². The average Bonchev–Trinajstić information content (AvgIpc) is 2.72. The molecule has 1 aliphatic rings. The van der Waals surface area contributed by atoms with Crippen LogP contribution in [0.2, 0.25) is 0 Å². The normalized spacial score (nSPS) is 24.0. The van der Waals surface area contributed by atoms with Gasteiger partial charge in [0, 0.05) is 12.0 Å². The number of hydrogen-bond acceptors (Lipinski definition) is 2. The monoisotopic (exact) mass is 245 g/mol. The third-order valence-electron chi connectivity index (χ3n) is 2.87. The molecule has 86 valence electrons. The molecule has 1 aromatic carbocycles. The van der Waals surface area contributed by atoms with Crippen LogP contribution >= 0.6 is 11.3 Å². The molecule has 1 unspecified atom stereocenters. The lowest BCUT2D eigenvalue weighted by molar-refractivity contribution is 0.260. The van der Waals surface area contributed by atoms with Crippen molar-refractivity contribution in [3.05, 3.63) is 47.5 Å². The predicted octanol–water partition coefficient (Wildman–Crippen LogP) is 4.37. The maximum Gasteiger partial charge on any atom is 0.130 e. The van der Waals surface area contributed by atoms with E-state index >= 15 is 0 Å². The van der Waals surface area contributed by atoms with E-state index in [1.807, 2.05) is 30.4 Å². The molecule has 1 aromatic heterocycles. The summed E-state index contributed by atoms with van der Waals surface area (Å²) in [7, 11) is 0. The topological polar surface area (TPSA) is 12.9 Å². The first kappa shape index (κ1) is 10.7. The molecular formula is C14H12FNS. The van der Waals surface area contributed by atoms with Gasteiger partial charge in [-0.25, -0.2) is 9.37 Å². The quantitative estimate of drug-likeness (QED) is 0.727. The Labute approximate surface area is 103 Å². The van der Waals surface area contributed by atoms with Crippen molar-refractivity contribution >= 4 is 27.1 Å². The molecule has 1 atom stereocenters. The molecule has 0 spiro atoms. The average molecular weight is 245 g/mol. The van der Waals surface area contributed by atoms with Gasteiger partial charge in [-0.3, -0.25) is 0 Å². The molecule has 0 saturated heterocycles. The maximum atomic E-state index is 13.6. The molecule has 0 radical (unpaired) electrons. The second-order valence-corrected chi connectivity index (χ2v) is 5.49. The van der Waals surface area contributed by atoms with Gasteiger partial charge in [0.05, 0.1) is 10.2 Å². The smallest absolute Gasteiger partial charge is 0.130 e. The van der Waals surface area contributed by atoms with Crippen LogP contribution < -0.4 is 0 Å². The third-order valence-corrected chi connectivity index (χ3v) is 3.96. The molecule has 1 aliphatic carbocycles. The minimum absolute atomic E-state index is 0.425. The SMILES string of the molecule is CC1(F)C=CC(c2nc3ccccc3s2)=CC1. The summed E-state index contributed by atoms with van der Waals surface area (Å²) in [5.41, 5.74) is 0.830. The van der Waals surface area contributed by atoms with Gasteiger partial charge in [-0.05, 0) is 25.1 Å². The largest absolute Gasteiger partial charge is 0.239 e. The van der Waals surface area contributed by atoms with Crippen molar-refractivity contribution in [2.24, 2.45) is 0 Å². The highest BCUT2D eigenvalue weighted by Gasteiger charge is 2.22. The van der Waals surface area contributed by atoms with E-state index < -0.39 is 5.67 Å². The maximum absolute atomic E-state index is 13.6. The van der Waals surface area contributed by atoms with Crippen LogP contribution in [0.25, 0.3) is 15.8 Å². The van der Waals surface area contributed by atoms with Crippen LogP contribution in [-0.4, -0.2) is 10.7 Å². The Morgan fingerprint density at radius 3 is 2.88 bits per heavy atom. The molecule has 3 rings (SSSR count). The van der Waals surface area contributed by atoms with E-state index in [1.54, 1.807) is 24.3 Å². The van der Waals surface area contributed by atoms with E-state index in [4.69, 9.17) is 0 Å². The number of rotatable bonds is 1. The number of halogens is 1. The first-order chi connectivity index (χ1) is 8.14. The van der Waals surface area contributed by atoms with Crippen molar-refractivity contribution in [1.82, 2.24) is 4.98 Å². The summed E-state index contributed by atoms with van der Waals surface area (Å²) >= 11 is 1.65. The Kier molecular flexibility index (Phi) is 2.37. The Balaban J connectivity index is 2.01. The van der Waals surface area contributed by atoms with Crippen LogP contribution in [0.3, 0.4) is 0 Å². The molecule has 1 heterocycles. The number of benzene rings is 1. The van der Waals surface area contributed by atoms with Gasteiger partial charge in [0.2, 0.25) is 0 Å². The summed E-state index contributed by atoms with van der Waals surface area (Å²) in [4.78, 5) is 4.56. The standard InChI is InChI=1S/C14H12FNS/c1-14(15)8-6-10(7-9-14)13-16-11-4-2-3-5-12(11)17-13/h2-8H,9H2,1H3. The van der Waals surface area contributed by atoms with E-state index in [9.17, 15) is 4.39 Å². The third kappa shape index (κ3) is 2.03. The van der Waals surface area contributed by atoms with Gasteiger partial charge < -0.3 is 0 Å². The van der Waals surface area contributed by atoms with Crippen molar-refractivity contribution < 1.29 is 4.39 Å². The molecular weight excluding hydrogens is 233 g/mol. The molecule has 17 heavy (non-hydrogen) atoms. The zero-order valence-electron chi connectivity index (χ0n) is 9.48. The summed E-state index contributed by atoms with van der Waals surface area (Å²) in [6.07, 6.45) is 5.81. The van der Waals surface area contributed by atoms with Gasteiger partial charge in [-0.2, -0.15) is 0 Å². The second-order valence-electron chi connectivity index (χ2n) is 4.46. The fraction of sp³-hybridized carbons (Fsp3) is 0.214. The molecule has 2 aromatic rings. The molecule has 1 nitrogen and oxygen atoms in total. The lowest BCUT2D eigenvalue weighted by Gasteiger charge is -2.17. The zero-order chi connectivity index (χ0) is 11.9. The minimum atomic E-state index is -1.21.